The standard InChI is InChI=1S/C12H14FN3/c1-7(2)11-6-15-12(16-11)8-3-9(13)5-10(14)4-8/h3-7H,14H2,1-2H3,(H,15,16). The number of hydrogen-bond acceptors (Lipinski definition) is 2. The molecule has 84 valence electrons. The normalized spacial score (nSPS) is 11.0. The van der Waals surface area contributed by atoms with E-state index in [0.29, 0.717) is 23.0 Å². The Bertz CT molecular complexity index is 482. The summed E-state index contributed by atoms with van der Waals surface area (Å²) in [6.07, 6.45) is 1.76. The van der Waals surface area contributed by atoms with Gasteiger partial charge in [0.15, 0.2) is 0 Å². The van der Waals surface area contributed by atoms with Crippen LogP contribution in [0.15, 0.2) is 24.4 Å². The number of imidazole rings is 1. The van der Waals surface area contributed by atoms with Crippen molar-refractivity contribution in [3.8, 4) is 11.4 Å². The van der Waals surface area contributed by atoms with Crippen molar-refractivity contribution in [1.82, 2.24) is 9.97 Å². The molecule has 0 atom stereocenters. The fourth-order valence-corrected chi connectivity index (χ4v) is 1.52. The molecule has 0 aliphatic heterocycles. The van der Waals surface area contributed by atoms with Gasteiger partial charge in [-0.25, -0.2) is 9.37 Å². The van der Waals surface area contributed by atoms with Gasteiger partial charge in [-0.05, 0) is 24.1 Å². The van der Waals surface area contributed by atoms with Crippen molar-refractivity contribution in [2.45, 2.75) is 19.8 Å². The molecule has 0 bridgehead atoms. The zero-order chi connectivity index (χ0) is 11.7. The Morgan fingerprint density at radius 3 is 2.62 bits per heavy atom. The van der Waals surface area contributed by atoms with Crippen molar-refractivity contribution < 1.29 is 4.39 Å². The Hall–Kier alpha value is -1.84. The van der Waals surface area contributed by atoms with Crippen LogP contribution in [-0.2, 0) is 0 Å². The van der Waals surface area contributed by atoms with E-state index in [0.717, 1.165) is 5.69 Å². The second kappa shape index (κ2) is 3.96. The SMILES string of the molecule is CC(C)c1cnc(-c2cc(N)cc(F)c2)[nH]1. The minimum atomic E-state index is -0.350. The van der Waals surface area contributed by atoms with Gasteiger partial charge in [0.05, 0.1) is 0 Å². The summed E-state index contributed by atoms with van der Waals surface area (Å²) in [6, 6.07) is 4.40. The van der Waals surface area contributed by atoms with Gasteiger partial charge in [0.1, 0.15) is 11.6 Å². The Labute approximate surface area is 93.5 Å². The van der Waals surface area contributed by atoms with Crippen LogP contribution in [0.3, 0.4) is 0 Å². The summed E-state index contributed by atoms with van der Waals surface area (Å²) in [5.74, 6) is 0.666. The number of anilines is 1. The van der Waals surface area contributed by atoms with Gasteiger partial charge in [-0.2, -0.15) is 0 Å². The highest BCUT2D eigenvalue weighted by atomic mass is 19.1. The van der Waals surface area contributed by atoms with Gasteiger partial charge in [-0.1, -0.05) is 13.8 Å². The first-order valence-electron chi connectivity index (χ1n) is 5.17. The molecule has 1 heterocycles. The zero-order valence-electron chi connectivity index (χ0n) is 9.29. The summed E-state index contributed by atoms with van der Waals surface area (Å²) >= 11 is 0. The van der Waals surface area contributed by atoms with Gasteiger partial charge in [0.25, 0.3) is 0 Å². The molecular formula is C12H14FN3. The van der Waals surface area contributed by atoms with Gasteiger partial charge >= 0.3 is 0 Å². The maximum Gasteiger partial charge on any atom is 0.137 e. The molecule has 3 nitrogen and oxygen atoms in total. The summed E-state index contributed by atoms with van der Waals surface area (Å²) < 4.78 is 13.2. The van der Waals surface area contributed by atoms with Crippen molar-refractivity contribution in [3.05, 3.63) is 35.9 Å². The molecule has 2 aromatic rings. The van der Waals surface area contributed by atoms with Gasteiger partial charge in [0, 0.05) is 23.1 Å². The van der Waals surface area contributed by atoms with E-state index in [-0.39, 0.29) is 5.82 Å². The average molecular weight is 219 g/mol. The van der Waals surface area contributed by atoms with E-state index in [1.165, 1.54) is 12.1 Å². The molecule has 0 unspecified atom stereocenters. The highest BCUT2D eigenvalue weighted by Crippen LogP contribution is 2.22. The highest BCUT2D eigenvalue weighted by Gasteiger charge is 2.07. The molecule has 1 aromatic carbocycles. The molecule has 0 aliphatic rings. The Morgan fingerprint density at radius 1 is 1.31 bits per heavy atom. The van der Waals surface area contributed by atoms with E-state index in [1.807, 2.05) is 0 Å². The minimum absolute atomic E-state index is 0.350. The van der Waals surface area contributed by atoms with E-state index < -0.39 is 0 Å². The smallest absolute Gasteiger partial charge is 0.137 e. The minimum Gasteiger partial charge on any atom is -0.399 e. The number of hydrogen-bond donors (Lipinski definition) is 2. The molecule has 0 radical (unpaired) electrons. The highest BCUT2D eigenvalue weighted by molar-refractivity contribution is 5.61. The molecule has 0 aliphatic carbocycles. The number of H-pyrrole nitrogens is 1. The molecule has 0 amide bonds. The van der Waals surface area contributed by atoms with Crippen LogP contribution >= 0.6 is 0 Å². The lowest BCUT2D eigenvalue weighted by molar-refractivity contribution is 0.629. The molecule has 0 fully saturated rings. The van der Waals surface area contributed by atoms with E-state index in [2.05, 4.69) is 23.8 Å². The lowest BCUT2D eigenvalue weighted by atomic mass is 10.1. The Balaban J connectivity index is 2.42. The maximum atomic E-state index is 13.2. The molecule has 0 saturated carbocycles. The fraction of sp³-hybridized carbons (Fsp3) is 0.250. The maximum absolute atomic E-state index is 13.2. The van der Waals surface area contributed by atoms with Gasteiger partial charge < -0.3 is 10.7 Å². The first kappa shape index (κ1) is 10.7. The second-order valence-electron chi connectivity index (χ2n) is 4.12. The van der Waals surface area contributed by atoms with Crippen molar-refractivity contribution in [2.75, 3.05) is 5.73 Å². The summed E-state index contributed by atoms with van der Waals surface area (Å²) in [6.45, 7) is 4.13. The molecule has 3 N–H and O–H groups in total. The lowest BCUT2D eigenvalue weighted by Crippen LogP contribution is -1.90. The third-order valence-electron chi connectivity index (χ3n) is 2.41. The number of nitrogens with zero attached hydrogens (tertiary/aromatic N) is 1. The summed E-state index contributed by atoms with van der Waals surface area (Å²) in [5.41, 5.74) is 7.68. The molecule has 1 aromatic heterocycles. The van der Waals surface area contributed by atoms with Crippen molar-refractivity contribution in [2.24, 2.45) is 0 Å². The molecule has 4 heteroatoms. The van der Waals surface area contributed by atoms with Crippen LogP contribution in [0.5, 0.6) is 0 Å². The molecular weight excluding hydrogens is 205 g/mol. The van der Waals surface area contributed by atoms with Crippen molar-refractivity contribution in [1.29, 1.82) is 0 Å². The Morgan fingerprint density at radius 2 is 2.06 bits per heavy atom. The van der Waals surface area contributed by atoms with Gasteiger partial charge in [-0.15, -0.1) is 0 Å². The van der Waals surface area contributed by atoms with E-state index in [4.69, 9.17) is 5.73 Å². The third kappa shape index (κ3) is 2.05. The van der Waals surface area contributed by atoms with E-state index >= 15 is 0 Å². The van der Waals surface area contributed by atoms with Crippen LogP contribution in [0.25, 0.3) is 11.4 Å². The van der Waals surface area contributed by atoms with Crippen LogP contribution in [0, 0.1) is 5.82 Å². The van der Waals surface area contributed by atoms with Gasteiger partial charge in [0.2, 0.25) is 0 Å². The fourth-order valence-electron chi connectivity index (χ4n) is 1.52. The molecule has 2 rings (SSSR count). The first-order valence-corrected chi connectivity index (χ1v) is 5.17. The largest absolute Gasteiger partial charge is 0.399 e. The van der Waals surface area contributed by atoms with Gasteiger partial charge in [-0.3, -0.25) is 0 Å². The third-order valence-corrected chi connectivity index (χ3v) is 2.41. The quantitative estimate of drug-likeness (QED) is 0.763. The summed E-state index contributed by atoms with van der Waals surface area (Å²) in [4.78, 5) is 7.36. The lowest BCUT2D eigenvalue weighted by Gasteiger charge is -2.01. The predicted octanol–water partition coefficient (Wildman–Crippen LogP) is 2.92. The number of aromatic amines is 1. The number of aromatic nitrogens is 2. The summed E-state index contributed by atoms with van der Waals surface area (Å²) in [7, 11) is 0. The predicted molar refractivity (Wildman–Crippen MR) is 62.5 cm³/mol. The number of benzene rings is 1. The Kier molecular flexibility index (Phi) is 2.64. The van der Waals surface area contributed by atoms with E-state index in [1.54, 1.807) is 12.3 Å². The number of nitrogen functional groups attached to an aromatic ring is 1. The molecule has 16 heavy (non-hydrogen) atoms. The number of rotatable bonds is 2. The van der Waals surface area contributed by atoms with Crippen LogP contribution in [0.2, 0.25) is 0 Å². The van der Waals surface area contributed by atoms with E-state index in [9.17, 15) is 4.39 Å². The monoisotopic (exact) mass is 219 g/mol. The van der Waals surface area contributed by atoms with Crippen LogP contribution in [-0.4, -0.2) is 9.97 Å². The summed E-state index contributed by atoms with van der Waals surface area (Å²) in [5, 5.41) is 0. The number of nitrogens with two attached hydrogens (primary N) is 1. The zero-order valence-corrected chi connectivity index (χ0v) is 9.29. The molecule has 0 saturated heterocycles. The van der Waals surface area contributed by atoms with Crippen LogP contribution < -0.4 is 5.73 Å². The van der Waals surface area contributed by atoms with Crippen LogP contribution in [0.1, 0.15) is 25.5 Å². The number of nitrogens with one attached hydrogen (secondary N) is 1. The first-order chi connectivity index (χ1) is 7.56. The number of halogens is 1. The second-order valence-corrected chi connectivity index (χ2v) is 4.12. The van der Waals surface area contributed by atoms with Crippen molar-refractivity contribution >= 4 is 5.69 Å². The topological polar surface area (TPSA) is 54.7 Å². The van der Waals surface area contributed by atoms with Crippen molar-refractivity contribution in [3.63, 3.8) is 0 Å². The van der Waals surface area contributed by atoms with Crippen LogP contribution in [0.4, 0.5) is 10.1 Å². The average Bonchev–Trinajstić information content (AvgIpc) is 2.64. The molecule has 0 spiro atoms.